The van der Waals surface area contributed by atoms with Gasteiger partial charge in [-0.15, -0.1) is 11.8 Å². The summed E-state index contributed by atoms with van der Waals surface area (Å²) in [6.45, 7) is 4.15. The number of hydrogen-bond acceptors (Lipinski definition) is 2. The highest BCUT2D eigenvalue weighted by Gasteiger charge is 2.37. The van der Waals surface area contributed by atoms with Crippen molar-refractivity contribution in [2.24, 2.45) is 11.8 Å². The van der Waals surface area contributed by atoms with E-state index in [-0.39, 0.29) is 0 Å². The number of aryl methyl sites for hydroxylation is 1. The zero-order chi connectivity index (χ0) is 13.9. The number of thioether (sulfide) groups is 1. The van der Waals surface area contributed by atoms with Crippen LogP contribution in [-0.4, -0.2) is 29.6 Å². The van der Waals surface area contributed by atoms with Gasteiger partial charge in [0.2, 0.25) is 5.91 Å². The lowest BCUT2D eigenvalue weighted by Crippen LogP contribution is -2.31. The number of carbonyl (C=O) groups is 1. The lowest BCUT2D eigenvalue weighted by Gasteiger charge is -2.17. The maximum atomic E-state index is 12.2. The minimum absolute atomic E-state index is 0.344. The number of rotatable bonds is 4. The molecule has 3 heteroatoms. The fraction of sp³-hybridized carbons (Fsp3) is 0.588. The summed E-state index contributed by atoms with van der Waals surface area (Å²) in [5, 5.41) is 0. The molecule has 0 radical (unpaired) electrons. The lowest BCUT2D eigenvalue weighted by atomic mass is 10.0. The van der Waals surface area contributed by atoms with Gasteiger partial charge in [-0.3, -0.25) is 4.79 Å². The molecular weight excluding hydrogens is 266 g/mol. The quantitative estimate of drug-likeness (QED) is 0.845. The summed E-state index contributed by atoms with van der Waals surface area (Å²) >= 11 is 1.74. The molecule has 2 fully saturated rings. The Kier molecular flexibility index (Phi) is 4.35. The summed E-state index contributed by atoms with van der Waals surface area (Å²) in [7, 11) is 0. The van der Waals surface area contributed by atoms with Gasteiger partial charge in [0, 0.05) is 18.8 Å². The predicted octanol–water partition coefficient (Wildman–Crippen LogP) is 3.49. The highest BCUT2D eigenvalue weighted by Crippen LogP contribution is 2.37. The van der Waals surface area contributed by atoms with Gasteiger partial charge >= 0.3 is 0 Å². The van der Waals surface area contributed by atoms with Crippen LogP contribution in [0.1, 0.15) is 30.4 Å². The number of hydrogen-bond donors (Lipinski definition) is 0. The van der Waals surface area contributed by atoms with Gasteiger partial charge in [-0.2, -0.15) is 0 Å². The number of carbonyl (C=O) groups excluding carboxylic acids is 1. The number of amides is 1. The van der Waals surface area contributed by atoms with Gasteiger partial charge in [0.15, 0.2) is 0 Å². The van der Waals surface area contributed by atoms with E-state index in [1.807, 2.05) is 0 Å². The van der Waals surface area contributed by atoms with E-state index in [9.17, 15) is 4.79 Å². The molecule has 2 aliphatic rings. The normalized spacial score (nSPS) is 24.9. The monoisotopic (exact) mass is 289 g/mol. The van der Waals surface area contributed by atoms with Gasteiger partial charge in [0.25, 0.3) is 0 Å². The van der Waals surface area contributed by atoms with E-state index in [2.05, 4.69) is 36.1 Å². The summed E-state index contributed by atoms with van der Waals surface area (Å²) in [4.78, 5) is 14.3. The summed E-state index contributed by atoms with van der Waals surface area (Å²) in [5.74, 6) is 3.53. The number of likely N-dealkylation sites (tertiary alicyclic amines) is 1. The fourth-order valence-corrected chi connectivity index (χ4v) is 4.36. The minimum atomic E-state index is 0.344. The summed E-state index contributed by atoms with van der Waals surface area (Å²) < 4.78 is 0. The third kappa shape index (κ3) is 3.20. The van der Waals surface area contributed by atoms with E-state index in [4.69, 9.17) is 0 Å². The second-order valence-corrected chi connectivity index (χ2v) is 7.21. The molecule has 0 spiro atoms. The molecule has 0 N–H and O–H groups in total. The Balaban J connectivity index is 1.42. The number of nitrogens with zero attached hydrogens (tertiary/aromatic N) is 1. The zero-order valence-electron chi connectivity index (χ0n) is 12.2. The molecule has 1 amide bonds. The number of fused-ring (bicyclic) bond motifs is 1. The summed E-state index contributed by atoms with van der Waals surface area (Å²) in [5.41, 5.74) is 2.60. The molecule has 0 unspecified atom stereocenters. The Morgan fingerprint density at radius 2 is 1.85 bits per heavy atom. The largest absolute Gasteiger partial charge is 0.341 e. The maximum absolute atomic E-state index is 12.2. The van der Waals surface area contributed by atoms with Gasteiger partial charge in [0.1, 0.15) is 0 Å². The van der Waals surface area contributed by atoms with Crippen LogP contribution < -0.4 is 0 Å². The van der Waals surface area contributed by atoms with Crippen molar-refractivity contribution in [3.63, 3.8) is 0 Å². The molecule has 108 valence electrons. The molecular formula is C17H23NOS. The SMILES string of the molecule is Cc1ccc(CSCC(=O)N2C[C@H]3CCC[C@H]3C2)cc1. The Morgan fingerprint density at radius 3 is 2.50 bits per heavy atom. The first kappa shape index (κ1) is 14.0. The average Bonchev–Trinajstić information content (AvgIpc) is 3.02. The molecule has 1 aliphatic heterocycles. The van der Waals surface area contributed by atoms with Crippen LogP contribution in [0.2, 0.25) is 0 Å². The highest BCUT2D eigenvalue weighted by molar-refractivity contribution is 7.99. The summed E-state index contributed by atoms with van der Waals surface area (Å²) in [6.07, 6.45) is 4.05. The van der Waals surface area contributed by atoms with Crippen molar-refractivity contribution in [3.05, 3.63) is 35.4 Å². The van der Waals surface area contributed by atoms with E-state index in [1.54, 1.807) is 11.8 Å². The van der Waals surface area contributed by atoms with Crippen LogP contribution in [0.3, 0.4) is 0 Å². The smallest absolute Gasteiger partial charge is 0.232 e. The molecule has 3 rings (SSSR count). The fourth-order valence-electron chi connectivity index (χ4n) is 3.47. The third-order valence-electron chi connectivity index (χ3n) is 4.69. The molecule has 1 aromatic carbocycles. The second-order valence-electron chi connectivity index (χ2n) is 6.23. The van der Waals surface area contributed by atoms with E-state index in [0.717, 1.165) is 30.7 Å². The van der Waals surface area contributed by atoms with E-state index < -0.39 is 0 Å². The molecule has 1 saturated carbocycles. The van der Waals surface area contributed by atoms with E-state index >= 15 is 0 Å². The van der Waals surface area contributed by atoms with Crippen LogP contribution in [0.4, 0.5) is 0 Å². The number of benzene rings is 1. The maximum Gasteiger partial charge on any atom is 0.232 e. The van der Waals surface area contributed by atoms with Crippen LogP contribution >= 0.6 is 11.8 Å². The van der Waals surface area contributed by atoms with Crippen LogP contribution in [-0.2, 0) is 10.5 Å². The second kappa shape index (κ2) is 6.21. The third-order valence-corrected chi connectivity index (χ3v) is 5.68. The predicted molar refractivity (Wildman–Crippen MR) is 84.8 cm³/mol. The molecule has 2 nitrogen and oxygen atoms in total. The van der Waals surface area contributed by atoms with Crippen LogP contribution in [0.5, 0.6) is 0 Å². The highest BCUT2D eigenvalue weighted by atomic mass is 32.2. The lowest BCUT2D eigenvalue weighted by molar-refractivity contribution is -0.127. The molecule has 1 aliphatic carbocycles. The Hall–Kier alpha value is -0.960. The molecule has 20 heavy (non-hydrogen) atoms. The van der Waals surface area contributed by atoms with Crippen molar-refractivity contribution in [1.82, 2.24) is 4.90 Å². The van der Waals surface area contributed by atoms with E-state index in [0.29, 0.717) is 11.7 Å². The van der Waals surface area contributed by atoms with Crippen molar-refractivity contribution in [3.8, 4) is 0 Å². The average molecular weight is 289 g/mol. The van der Waals surface area contributed by atoms with Gasteiger partial charge in [-0.25, -0.2) is 0 Å². The van der Waals surface area contributed by atoms with Crippen molar-refractivity contribution in [2.75, 3.05) is 18.8 Å². The molecule has 1 heterocycles. The topological polar surface area (TPSA) is 20.3 Å². The Bertz CT molecular complexity index is 458. The van der Waals surface area contributed by atoms with Gasteiger partial charge in [0.05, 0.1) is 5.75 Å². The van der Waals surface area contributed by atoms with Crippen molar-refractivity contribution >= 4 is 17.7 Å². The van der Waals surface area contributed by atoms with Crippen LogP contribution in [0.15, 0.2) is 24.3 Å². The molecule has 0 aromatic heterocycles. The molecule has 1 aromatic rings. The first-order valence-corrected chi connectivity index (χ1v) is 8.79. The first-order chi connectivity index (χ1) is 9.72. The molecule has 0 bridgehead atoms. The van der Waals surface area contributed by atoms with Crippen molar-refractivity contribution < 1.29 is 4.79 Å². The zero-order valence-corrected chi connectivity index (χ0v) is 13.0. The first-order valence-electron chi connectivity index (χ1n) is 7.63. The Morgan fingerprint density at radius 1 is 1.20 bits per heavy atom. The van der Waals surface area contributed by atoms with Crippen LogP contribution in [0.25, 0.3) is 0 Å². The molecule has 2 atom stereocenters. The Labute approximate surface area is 125 Å². The van der Waals surface area contributed by atoms with Crippen molar-refractivity contribution in [1.29, 1.82) is 0 Å². The van der Waals surface area contributed by atoms with Gasteiger partial charge in [-0.05, 0) is 37.2 Å². The van der Waals surface area contributed by atoms with E-state index in [1.165, 1.54) is 30.4 Å². The minimum Gasteiger partial charge on any atom is -0.341 e. The van der Waals surface area contributed by atoms with Crippen LogP contribution in [0, 0.1) is 18.8 Å². The van der Waals surface area contributed by atoms with Gasteiger partial charge in [-0.1, -0.05) is 36.2 Å². The standard InChI is InChI=1S/C17H23NOS/c1-13-5-7-14(8-6-13)11-20-12-17(19)18-9-15-3-2-4-16(15)10-18/h5-8,15-16H,2-4,9-12H2,1H3/t15-,16+. The van der Waals surface area contributed by atoms with Gasteiger partial charge < -0.3 is 4.90 Å². The van der Waals surface area contributed by atoms with Crippen molar-refractivity contribution in [2.45, 2.75) is 31.9 Å². The molecule has 1 saturated heterocycles. The summed E-state index contributed by atoms with van der Waals surface area (Å²) in [6, 6.07) is 8.60.